The van der Waals surface area contributed by atoms with E-state index in [1.54, 1.807) is 0 Å². The maximum absolute atomic E-state index is 12.3. The third kappa shape index (κ3) is 55.9. The van der Waals surface area contributed by atoms with Crippen molar-refractivity contribution in [3.05, 3.63) is 170 Å². The first kappa shape index (κ1) is 65.3. The Morgan fingerprint density at radius 1 is 0.329 bits per heavy atom. The standard InChI is InChI=1S/C65H100O5/c1-3-5-7-9-11-13-15-17-19-21-23-25-27-29-31-32-34-36-38-40-42-44-46-48-50-52-54-56-58-60-65(68)70-63(61-66)62-69-64(67)59-57-55-53-51-49-47-45-43-41-39-37-35-33-30-28-26-24-22-20-18-16-14-12-10-8-6-4-2/h5-8,11-14,17-20,23-26,29-31,33-34,36,40,42,46,48,52,54,63,66H,3-4,9-10,15-16,21-22,27-28,32,35,37-39,41,43-45,47,49-51,53,55-62H2,1-2H3/b7-5-,8-6-,13-11-,14-12-,19-17-,20-18-,25-23-,26-24-,31-29-,33-30-,36-34-,42-40-,48-46-,54-52-. The average molecular weight is 962 g/mol. The summed E-state index contributed by atoms with van der Waals surface area (Å²) < 4.78 is 10.6. The van der Waals surface area contributed by atoms with E-state index in [4.69, 9.17) is 9.47 Å². The molecule has 0 aliphatic rings. The molecule has 0 radical (unpaired) electrons. The summed E-state index contributed by atoms with van der Waals surface area (Å²) in [5.74, 6) is -0.677. The molecule has 0 spiro atoms. The van der Waals surface area contributed by atoms with Crippen molar-refractivity contribution in [1.82, 2.24) is 0 Å². The van der Waals surface area contributed by atoms with Crippen LogP contribution in [0.25, 0.3) is 0 Å². The van der Waals surface area contributed by atoms with Gasteiger partial charge in [-0.3, -0.25) is 9.59 Å². The minimum atomic E-state index is -0.819. The zero-order chi connectivity index (χ0) is 50.6. The normalized spacial score (nSPS) is 13.6. The fourth-order valence-electron chi connectivity index (χ4n) is 6.93. The number of carbonyl (C=O) groups is 2. The molecular weight excluding hydrogens is 861 g/mol. The Morgan fingerprint density at radius 3 is 0.900 bits per heavy atom. The van der Waals surface area contributed by atoms with Crippen LogP contribution in [0.4, 0.5) is 0 Å². The molecule has 5 heteroatoms. The van der Waals surface area contributed by atoms with Gasteiger partial charge in [0.2, 0.25) is 0 Å². The Morgan fingerprint density at radius 2 is 0.586 bits per heavy atom. The molecule has 390 valence electrons. The quantitative estimate of drug-likeness (QED) is 0.0374. The predicted octanol–water partition coefficient (Wildman–Crippen LogP) is 19.0. The Bertz CT molecular complexity index is 1600. The zero-order valence-electron chi connectivity index (χ0n) is 44.5. The van der Waals surface area contributed by atoms with Crippen molar-refractivity contribution < 1.29 is 24.2 Å². The van der Waals surface area contributed by atoms with E-state index in [9.17, 15) is 14.7 Å². The van der Waals surface area contributed by atoms with E-state index in [1.165, 1.54) is 57.8 Å². The summed E-state index contributed by atoms with van der Waals surface area (Å²) in [4.78, 5) is 24.5. The van der Waals surface area contributed by atoms with Gasteiger partial charge >= 0.3 is 11.9 Å². The van der Waals surface area contributed by atoms with Gasteiger partial charge in [0.25, 0.3) is 0 Å². The molecule has 0 heterocycles. The lowest BCUT2D eigenvalue weighted by Crippen LogP contribution is -2.28. The van der Waals surface area contributed by atoms with Crippen LogP contribution in [0.1, 0.15) is 206 Å². The number of aliphatic hydroxyl groups excluding tert-OH is 1. The number of esters is 2. The molecule has 70 heavy (non-hydrogen) atoms. The third-order valence-corrected chi connectivity index (χ3v) is 11.0. The largest absolute Gasteiger partial charge is 0.462 e. The van der Waals surface area contributed by atoms with Crippen LogP contribution in [-0.2, 0) is 19.1 Å². The fourth-order valence-corrected chi connectivity index (χ4v) is 6.93. The summed E-state index contributed by atoms with van der Waals surface area (Å²) in [5, 5.41) is 9.64. The van der Waals surface area contributed by atoms with Gasteiger partial charge in [0, 0.05) is 12.8 Å². The number of allylic oxidation sites excluding steroid dienone is 28. The number of aliphatic hydroxyl groups is 1. The van der Waals surface area contributed by atoms with Crippen molar-refractivity contribution in [3.63, 3.8) is 0 Å². The first-order valence-corrected chi connectivity index (χ1v) is 27.7. The summed E-state index contributed by atoms with van der Waals surface area (Å²) in [6, 6.07) is 0. The Labute approximate surface area is 430 Å². The number of ether oxygens (including phenoxy) is 2. The highest BCUT2D eigenvalue weighted by atomic mass is 16.6. The number of hydrogen-bond donors (Lipinski definition) is 1. The minimum absolute atomic E-state index is 0.103. The molecule has 0 aromatic heterocycles. The Kier molecular flexibility index (Phi) is 54.6. The van der Waals surface area contributed by atoms with E-state index in [1.807, 2.05) is 0 Å². The third-order valence-electron chi connectivity index (χ3n) is 11.0. The van der Waals surface area contributed by atoms with Crippen molar-refractivity contribution >= 4 is 11.9 Å². The second kappa shape index (κ2) is 58.6. The van der Waals surface area contributed by atoms with E-state index in [2.05, 4.69) is 184 Å². The number of rotatable bonds is 48. The van der Waals surface area contributed by atoms with Crippen molar-refractivity contribution in [3.8, 4) is 0 Å². The van der Waals surface area contributed by atoms with E-state index >= 15 is 0 Å². The van der Waals surface area contributed by atoms with Crippen LogP contribution in [0.15, 0.2) is 170 Å². The molecule has 1 unspecified atom stereocenters. The van der Waals surface area contributed by atoms with Gasteiger partial charge in [0.1, 0.15) is 6.61 Å². The van der Waals surface area contributed by atoms with Crippen LogP contribution in [0.5, 0.6) is 0 Å². The van der Waals surface area contributed by atoms with Gasteiger partial charge in [-0.25, -0.2) is 0 Å². The Balaban J connectivity index is 3.68. The molecule has 0 bridgehead atoms. The molecular formula is C65H100O5. The van der Waals surface area contributed by atoms with Gasteiger partial charge in [-0.15, -0.1) is 0 Å². The smallest absolute Gasteiger partial charge is 0.306 e. The van der Waals surface area contributed by atoms with Crippen molar-refractivity contribution in [2.75, 3.05) is 13.2 Å². The highest BCUT2D eigenvalue weighted by Crippen LogP contribution is 2.14. The highest BCUT2D eigenvalue weighted by Gasteiger charge is 2.16. The topological polar surface area (TPSA) is 72.8 Å². The second-order valence-corrected chi connectivity index (χ2v) is 17.5. The van der Waals surface area contributed by atoms with E-state index in [-0.39, 0.29) is 31.6 Å². The van der Waals surface area contributed by atoms with Crippen molar-refractivity contribution in [2.45, 2.75) is 213 Å². The SMILES string of the molecule is CC/C=C\C/C=C\C/C=C\C/C=C\C/C=C\C/C=C\C/C=C\C/C=C\C/C=C\CCCC(=O)OC(CO)COC(=O)CCCCCCCCCCCCC/C=C\C/C=C\C/C=C\C/C=C\C/C=C\CC. The molecule has 0 aromatic carbocycles. The predicted molar refractivity (Wildman–Crippen MR) is 306 cm³/mol. The monoisotopic (exact) mass is 961 g/mol. The molecule has 0 aliphatic carbocycles. The highest BCUT2D eigenvalue weighted by molar-refractivity contribution is 5.70. The van der Waals surface area contributed by atoms with Crippen LogP contribution in [-0.4, -0.2) is 36.4 Å². The molecule has 1 N–H and O–H groups in total. The molecule has 0 aliphatic heterocycles. The lowest BCUT2D eigenvalue weighted by atomic mass is 10.0. The van der Waals surface area contributed by atoms with Crippen LogP contribution >= 0.6 is 0 Å². The van der Waals surface area contributed by atoms with Crippen molar-refractivity contribution in [1.29, 1.82) is 0 Å². The Hall–Kier alpha value is -4.74. The summed E-state index contributed by atoms with van der Waals surface area (Å²) in [5.41, 5.74) is 0. The maximum atomic E-state index is 12.3. The van der Waals surface area contributed by atoms with Gasteiger partial charge in [0.05, 0.1) is 6.61 Å². The average Bonchev–Trinajstić information content (AvgIpc) is 3.36. The molecule has 0 rings (SSSR count). The van der Waals surface area contributed by atoms with Gasteiger partial charge in [-0.1, -0.05) is 242 Å². The maximum Gasteiger partial charge on any atom is 0.306 e. The minimum Gasteiger partial charge on any atom is -0.462 e. The van der Waals surface area contributed by atoms with Crippen LogP contribution in [0, 0.1) is 0 Å². The first-order chi connectivity index (χ1) is 34.6. The lowest BCUT2D eigenvalue weighted by molar-refractivity contribution is -0.161. The van der Waals surface area contributed by atoms with Crippen LogP contribution in [0.2, 0.25) is 0 Å². The number of hydrogen-bond acceptors (Lipinski definition) is 5. The molecule has 0 fully saturated rings. The van der Waals surface area contributed by atoms with Gasteiger partial charge in [-0.2, -0.15) is 0 Å². The lowest BCUT2D eigenvalue weighted by Gasteiger charge is -2.15. The number of carbonyl (C=O) groups excluding carboxylic acids is 2. The van der Waals surface area contributed by atoms with Crippen LogP contribution in [0.3, 0.4) is 0 Å². The molecule has 0 aromatic rings. The molecule has 0 saturated carbocycles. The van der Waals surface area contributed by atoms with Crippen molar-refractivity contribution in [2.24, 2.45) is 0 Å². The van der Waals surface area contributed by atoms with E-state index < -0.39 is 6.10 Å². The summed E-state index contributed by atoms with van der Waals surface area (Å²) in [6.45, 7) is 3.85. The van der Waals surface area contributed by atoms with Gasteiger partial charge in [-0.05, 0) is 122 Å². The summed E-state index contributed by atoms with van der Waals surface area (Å²) in [7, 11) is 0. The zero-order valence-corrected chi connectivity index (χ0v) is 44.5. The van der Waals surface area contributed by atoms with Crippen LogP contribution < -0.4 is 0 Å². The first-order valence-electron chi connectivity index (χ1n) is 27.7. The van der Waals surface area contributed by atoms with Gasteiger partial charge < -0.3 is 14.6 Å². The molecule has 0 amide bonds. The number of unbranched alkanes of at least 4 members (excludes halogenated alkanes) is 12. The fraction of sp³-hybridized carbons (Fsp3) is 0.538. The molecule has 0 saturated heterocycles. The van der Waals surface area contributed by atoms with E-state index in [0.29, 0.717) is 12.8 Å². The van der Waals surface area contributed by atoms with Gasteiger partial charge in [0.15, 0.2) is 6.10 Å². The molecule has 1 atom stereocenters. The summed E-state index contributed by atoms with van der Waals surface area (Å²) in [6.07, 6.45) is 91.7. The van der Waals surface area contributed by atoms with E-state index in [0.717, 1.165) is 116 Å². The molecule has 5 nitrogen and oxygen atoms in total. The second-order valence-electron chi connectivity index (χ2n) is 17.5. The summed E-state index contributed by atoms with van der Waals surface area (Å²) >= 11 is 0.